The molecule has 1 unspecified atom stereocenters. The summed E-state index contributed by atoms with van der Waals surface area (Å²) >= 11 is 0. The first kappa shape index (κ1) is 8.27. The topological polar surface area (TPSA) is 43.8 Å². The van der Waals surface area contributed by atoms with E-state index in [2.05, 4.69) is 12.0 Å². The Morgan fingerprint density at radius 2 is 2.00 bits per heavy atom. The lowest BCUT2D eigenvalue weighted by Crippen LogP contribution is -2.11. The van der Waals surface area contributed by atoms with Crippen molar-refractivity contribution < 1.29 is 0 Å². The Hall–Kier alpha value is -0.830. The molecule has 0 aromatic carbocycles. The average molecular weight is 153 g/mol. The van der Waals surface area contributed by atoms with Crippen molar-refractivity contribution in [2.45, 2.75) is 26.8 Å². The molecule has 62 valence electrons. The predicted molar refractivity (Wildman–Crippen MR) is 45.3 cm³/mol. The van der Waals surface area contributed by atoms with Gasteiger partial charge in [0.2, 0.25) is 0 Å². The Morgan fingerprint density at radius 3 is 2.18 bits per heavy atom. The van der Waals surface area contributed by atoms with Crippen LogP contribution in [0.5, 0.6) is 0 Å². The van der Waals surface area contributed by atoms with Crippen molar-refractivity contribution in [3.8, 4) is 0 Å². The molecule has 2 N–H and O–H groups in total. The number of aryl methyl sites for hydroxylation is 2. The fourth-order valence-corrected chi connectivity index (χ4v) is 1.42. The highest BCUT2D eigenvalue weighted by Gasteiger charge is 2.11. The molecular weight excluding hydrogens is 138 g/mol. The molecule has 0 aliphatic rings. The van der Waals surface area contributed by atoms with Crippen LogP contribution in [-0.4, -0.2) is 9.78 Å². The van der Waals surface area contributed by atoms with Crippen molar-refractivity contribution in [2.75, 3.05) is 0 Å². The highest BCUT2D eigenvalue weighted by molar-refractivity contribution is 5.25. The molecule has 11 heavy (non-hydrogen) atoms. The Morgan fingerprint density at radius 1 is 1.45 bits per heavy atom. The molecule has 3 nitrogen and oxygen atoms in total. The van der Waals surface area contributed by atoms with Crippen molar-refractivity contribution >= 4 is 0 Å². The maximum absolute atomic E-state index is 5.77. The minimum Gasteiger partial charge on any atom is -0.323 e. The van der Waals surface area contributed by atoms with Crippen LogP contribution in [0.3, 0.4) is 0 Å². The van der Waals surface area contributed by atoms with Crippen LogP contribution in [-0.2, 0) is 7.05 Å². The van der Waals surface area contributed by atoms with E-state index in [0.29, 0.717) is 0 Å². The van der Waals surface area contributed by atoms with Crippen molar-refractivity contribution in [3.05, 3.63) is 17.0 Å². The largest absolute Gasteiger partial charge is 0.323 e. The number of aromatic nitrogens is 2. The molecule has 0 amide bonds. The Bertz CT molecular complexity index is 261. The summed E-state index contributed by atoms with van der Waals surface area (Å²) in [6.45, 7) is 6.03. The van der Waals surface area contributed by atoms with Gasteiger partial charge in [0.05, 0.1) is 11.4 Å². The van der Waals surface area contributed by atoms with Crippen LogP contribution in [0.15, 0.2) is 0 Å². The molecule has 0 saturated heterocycles. The molecule has 0 radical (unpaired) electrons. The first-order valence-corrected chi connectivity index (χ1v) is 3.79. The molecule has 0 saturated carbocycles. The summed E-state index contributed by atoms with van der Waals surface area (Å²) in [7, 11) is 1.93. The molecule has 1 aromatic rings. The standard InChI is InChI=1S/C8H15N3/c1-5-7(3)10-11(4)8(5)6(2)9/h6H,9H2,1-4H3. The van der Waals surface area contributed by atoms with Gasteiger partial charge in [-0.05, 0) is 26.3 Å². The lowest BCUT2D eigenvalue weighted by atomic mass is 10.1. The van der Waals surface area contributed by atoms with Crippen LogP contribution in [0.2, 0.25) is 0 Å². The van der Waals surface area contributed by atoms with Crippen molar-refractivity contribution in [1.82, 2.24) is 9.78 Å². The third-order valence-electron chi connectivity index (χ3n) is 2.01. The van der Waals surface area contributed by atoms with Gasteiger partial charge in [0.15, 0.2) is 0 Å². The van der Waals surface area contributed by atoms with Gasteiger partial charge in [0.1, 0.15) is 0 Å². The maximum Gasteiger partial charge on any atom is 0.0626 e. The van der Waals surface area contributed by atoms with Gasteiger partial charge < -0.3 is 5.73 Å². The zero-order chi connectivity index (χ0) is 8.59. The molecule has 0 aliphatic heterocycles. The number of hydrogen-bond acceptors (Lipinski definition) is 2. The van der Waals surface area contributed by atoms with Crippen LogP contribution in [0, 0.1) is 13.8 Å². The van der Waals surface area contributed by atoms with Gasteiger partial charge in [-0.2, -0.15) is 5.10 Å². The minimum absolute atomic E-state index is 0.0706. The van der Waals surface area contributed by atoms with Gasteiger partial charge in [-0.25, -0.2) is 0 Å². The Kier molecular flexibility index (Phi) is 2.00. The molecule has 0 fully saturated rings. The van der Waals surface area contributed by atoms with Gasteiger partial charge >= 0.3 is 0 Å². The third-order valence-corrected chi connectivity index (χ3v) is 2.01. The van der Waals surface area contributed by atoms with Crippen molar-refractivity contribution in [3.63, 3.8) is 0 Å². The van der Waals surface area contributed by atoms with E-state index in [-0.39, 0.29) is 6.04 Å². The zero-order valence-corrected chi connectivity index (χ0v) is 7.55. The molecule has 1 aromatic heterocycles. The summed E-state index contributed by atoms with van der Waals surface area (Å²) in [5.74, 6) is 0. The maximum atomic E-state index is 5.77. The van der Waals surface area contributed by atoms with E-state index in [1.165, 1.54) is 5.56 Å². The third kappa shape index (κ3) is 1.28. The Labute approximate surface area is 67.2 Å². The minimum atomic E-state index is 0.0706. The van der Waals surface area contributed by atoms with E-state index in [1.54, 1.807) is 0 Å². The second kappa shape index (κ2) is 2.66. The Balaban J connectivity index is 3.22. The quantitative estimate of drug-likeness (QED) is 0.655. The lowest BCUT2D eigenvalue weighted by Gasteiger charge is -2.06. The summed E-state index contributed by atoms with van der Waals surface area (Å²) in [5, 5.41) is 4.27. The van der Waals surface area contributed by atoms with Gasteiger partial charge in [0.25, 0.3) is 0 Å². The predicted octanol–water partition coefficient (Wildman–Crippen LogP) is 1.06. The van der Waals surface area contributed by atoms with Crippen LogP contribution in [0.4, 0.5) is 0 Å². The van der Waals surface area contributed by atoms with Gasteiger partial charge in [-0.1, -0.05) is 0 Å². The number of hydrogen-bond donors (Lipinski definition) is 1. The fraction of sp³-hybridized carbons (Fsp3) is 0.625. The van der Waals surface area contributed by atoms with E-state index >= 15 is 0 Å². The molecule has 1 atom stereocenters. The second-order valence-electron chi connectivity index (χ2n) is 3.01. The van der Waals surface area contributed by atoms with Crippen LogP contribution >= 0.6 is 0 Å². The molecule has 0 spiro atoms. The van der Waals surface area contributed by atoms with E-state index in [9.17, 15) is 0 Å². The van der Waals surface area contributed by atoms with Crippen molar-refractivity contribution in [2.24, 2.45) is 12.8 Å². The number of nitrogens with zero attached hydrogens (tertiary/aromatic N) is 2. The summed E-state index contributed by atoms with van der Waals surface area (Å²) in [6, 6.07) is 0.0706. The van der Waals surface area contributed by atoms with Gasteiger partial charge in [-0.15, -0.1) is 0 Å². The molecule has 1 heterocycles. The molecule has 0 aliphatic carbocycles. The second-order valence-corrected chi connectivity index (χ2v) is 3.01. The summed E-state index contributed by atoms with van der Waals surface area (Å²) < 4.78 is 1.86. The van der Waals surface area contributed by atoms with Gasteiger partial charge in [0, 0.05) is 13.1 Å². The highest BCUT2D eigenvalue weighted by atomic mass is 15.3. The first-order chi connectivity index (χ1) is 5.04. The summed E-state index contributed by atoms with van der Waals surface area (Å²) in [4.78, 5) is 0. The van der Waals surface area contributed by atoms with Crippen LogP contribution in [0.25, 0.3) is 0 Å². The van der Waals surface area contributed by atoms with Crippen molar-refractivity contribution in [1.29, 1.82) is 0 Å². The molecule has 3 heteroatoms. The van der Waals surface area contributed by atoms with E-state index in [0.717, 1.165) is 11.4 Å². The smallest absolute Gasteiger partial charge is 0.0626 e. The van der Waals surface area contributed by atoms with Crippen LogP contribution < -0.4 is 5.73 Å². The molecule has 1 rings (SSSR count). The van der Waals surface area contributed by atoms with Gasteiger partial charge in [-0.3, -0.25) is 4.68 Å². The first-order valence-electron chi connectivity index (χ1n) is 3.79. The summed E-state index contributed by atoms with van der Waals surface area (Å²) in [5.41, 5.74) is 9.18. The fourth-order valence-electron chi connectivity index (χ4n) is 1.42. The number of rotatable bonds is 1. The summed E-state index contributed by atoms with van der Waals surface area (Å²) in [6.07, 6.45) is 0. The highest BCUT2D eigenvalue weighted by Crippen LogP contribution is 2.16. The molecule has 0 bridgehead atoms. The zero-order valence-electron chi connectivity index (χ0n) is 7.55. The van der Waals surface area contributed by atoms with E-state index in [4.69, 9.17) is 5.73 Å². The molecular formula is C8H15N3. The normalized spacial score (nSPS) is 13.5. The van der Waals surface area contributed by atoms with E-state index < -0.39 is 0 Å². The monoisotopic (exact) mass is 153 g/mol. The van der Waals surface area contributed by atoms with Crippen LogP contribution in [0.1, 0.15) is 29.9 Å². The van der Waals surface area contributed by atoms with E-state index in [1.807, 2.05) is 25.6 Å². The SMILES string of the molecule is Cc1nn(C)c(C(C)N)c1C. The lowest BCUT2D eigenvalue weighted by molar-refractivity contribution is 0.649. The average Bonchev–Trinajstić information content (AvgIpc) is 2.07. The number of nitrogens with two attached hydrogens (primary N) is 1.